The topological polar surface area (TPSA) is 177 Å². The Morgan fingerprint density at radius 2 is 2.04 bits per heavy atom. The smallest absolute Gasteiger partial charge is 0.364 e. The summed E-state index contributed by atoms with van der Waals surface area (Å²) in [6, 6.07) is -1.29. The molecular weight excluding hydrogens is 338 g/mol. The molecule has 1 amide bonds. The summed E-state index contributed by atoms with van der Waals surface area (Å²) < 4.78 is 4.97. The highest BCUT2D eigenvalue weighted by atomic mass is 16.7. The molecule has 1 saturated heterocycles. The molecule has 10 heteroatoms. The number of carboxylic acids is 1. The van der Waals surface area contributed by atoms with Crippen LogP contribution in [-0.2, 0) is 14.3 Å². The molecule has 0 spiro atoms. The molecular formula is C15H25NO9. The fraction of sp³-hybridized carbons (Fsp3) is 0.733. The average molecular weight is 363 g/mol. The number of aliphatic hydroxyl groups is 5. The van der Waals surface area contributed by atoms with Crippen LogP contribution in [0.4, 0.5) is 0 Å². The number of rotatable bonds is 9. The number of carboxylic acid groups (broad SMARTS) is 1. The summed E-state index contributed by atoms with van der Waals surface area (Å²) in [5.41, 5.74) is 0. The van der Waals surface area contributed by atoms with Crippen molar-refractivity contribution >= 4 is 11.9 Å². The normalized spacial score (nSPS) is 31.8. The predicted octanol–water partition coefficient (Wildman–Crippen LogP) is -2.54. The number of nitrogens with one attached hydrogen (secondary N) is 1. The number of allylic oxidation sites excluding steroid dienone is 1. The van der Waals surface area contributed by atoms with E-state index in [9.17, 15) is 30.0 Å². The van der Waals surface area contributed by atoms with Crippen LogP contribution >= 0.6 is 0 Å². The first-order valence-corrected chi connectivity index (χ1v) is 7.85. The zero-order valence-electron chi connectivity index (χ0n) is 13.6. The molecule has 1 aliphatic rings. The second-order valence-corrected chi connectivity index (χ2v) is 5.96. The van der Waals surface area contributed by atoms with Crippen LogP contribution in [-0.4, -0.2) is 85.4 Å². The van der Waals surface area contributed by atoms with Crippen LogP contribution in [0.3, 0.4) is 0 Å². The summed E-state index contributed by atoms with van der Waals surface area (Å²) in [4.78, 5) is 23.1. The second-order valence-electron chi connectivity index (χ2n) is 5.96. The van der Waals surface area contributed by atoms with E-state index in [-0.39, 0.29) is 6.42 Å². The maximum absolute atomic E-state index is 12.0. The van der Waals surface area contributed by atoms with Gasteiger partial charge in [-0.15, -0.1) is 6.58 Å². The van der Waals surface area contributed by atoms with Gasteiger partial charge in [-0.05, 0) is 12.8 Å². The number of amides is 1. The molecule has 1 rings (SSSR count). The van der Waals surface area contributed by atoms with Crippen LogP contribution in [0.5, 0.6) is 0 Å². The van der Waals surface area contributed by atoms with E-state index >= 15 is 0 Å². The first-order valence-electron chi connectivity index (χ1n) is 7.85. The van der Waals surface area contributed by atoms with Gasteiger partial charge in [0, 0.05) is 12.8 Å². The minimum atomic E-state index is -2.80. The van der Waals surface area contributed by atoms with Crippen molar-refractivity contribution in [1.29, 1.82) is 0 Å². The van der Waals surface area contributed by atoms with Gasteiger partial charge in [-0.25, -0.2) is 4.79 Å². The van der Waals surface area contributed by atoms with Crippen molar-refractivity contribution in [2.75, 3.05) is 6.61 Å². The molecule has 6 atom stereocenters. The Morgan fingerprint density at radius 1 is 1.40 bits per heavy atom. The third-order valence-corrected chi connectivity index (χ3v) is 3.98. The van der Waals surface area contributed by atoms with Gasteiger partial charge in [-0.2, -0.15) is 0 Å². The largest absolute Gasteiger partial charge is 0.477 e. The monoisotopic (exact) mass is 363 g/mol. The van der Waals surface area contributed by atoms with Crippen LogP contribution in [0.2, 0.25) is 0 Å². The summed E-state index contributed by atoms with van der Waals surface area (Å²) in [5, 5.41) is 60.2. The molecule has 0 aromatic heterocycles. The van der Waals surface area contributed by atoms with Crippen LogP contribution in [0.1, 0.15) is 25.7 Å². The zero-order valence-corrected chi connectivity index (χ0v) is 13.6. The predicted molar refractivity (Wildman–Crippen MR) is 83.2 cm³/mol. The number of aliphatic carboxylic acids is 1. The molecule has 0 saturated carbocycles. The van der Waals surface area contributed by atoms with Crippen molar-refractivity contribution in [1.82, 2.24) is 5.32 Å². The summed E-state index contributed by atoms with van der Waals surface area (Å²) in [6.07, 6.45) is -4.77. The van der Waals surface area contributed by atoms with E-state index in [4.69, 9.17) is 14.9 Å². The van der Waals surface area contributed by atoms with Gasteiger partial charge in [0.05, 0.1) is 18.8 Å². The van der Waals surface area contributed by atoms with Gasteiger partial charge in [0.15, 0.2) is 0 Å². The number of carbonyl (C=O) groups excluding carboxylic acids is 1. The Morgan fingerprint density at radius 3 is 2.56 bits per heavy atom. The molecule has 144 valence electrons. The molecule has 0 aliphatic carbocycles. The fourth-order valence-electron chi connectivity index (χ4n) is 2.57. The summed E-state index contributed by atoms with van der Waals surface area (Å²) >= 11 is 0. The Hall–Kier alpha value is -1.56. The highest BCUT2D eigenvalue weighted by Gasteiger charge is 2.53. The lowest BCUT2D eigenvalue weighted by atomic mass is 9.88. The first-order chi connectivity index (χ1) is 11.7. The molecule has 10 nitrogen and oxygen atoms in total. The summed E-state index contributed by atoms with van der Waals surface area (Å²) in [5.74, 6) is -5.09. The van der Waals surface area contributed by atoms with Gasteiger partial charge < -0.3 is 40.7 Å². The summed E-state index contributed by atoms with van der Waals surface area (Å²) in [6.45, 7) is 2.65. The molecule has 0 unspecified atom stereocenters. The number of unbranched alkanes of at least 4 members (excludes halogenated alkanes) is 1. The minimum Gasteiger partial charge on any atom is -0.477 e. The SMILES string of the molecule is C=CCCCC(=O)N[C@H]1[C@H]([C@H](O)[C@H](O)CO)O[C@@](O)(C(=O)O)C[C@@H]1O. The van der Waals surface area contributed by atoms with Gasteiger partial charge in [-0.1, -0.05) is 6.08 Å². The fourth-order valence-corrected chi connectivity index (χ4v) is 2.57. The number of hydrogen-bond acceptors (Lipinski definition) is 8. The molecule has 7 N–H and O–H groups in total. The van der Waals surface area contributed by atoms with Crippen LogP contribution in [0, 0.1) is 0 Å². The van der Waals surface area contributed by atoms with Gasteiger partial charge >= 0.3 is 5.97 Å². The second kappa shape index (κ2) is 9.22. The highest BCUT2D eigenvalue weighted by Crippen LogP contribution is 2.30. The molecule has 1 fully saturated rings. The number of carbonyl (C=O) groups is 2. The lowest BCUT2D eigenvalue weighted by Crippen LogP contribution is -2.67. The molecule has 0 bridgehead atoms. The molecule has 0 aromatic carbocycles. The van der Waals surface area contributed by atoms with Crippen molar-refractivity contribution in [3.63, 3.8) is 0 Å². The van der Waals surface area contributed by atoms with Crippen molar-refractivity contribution in [3.05, 3.63) is 12.7 Å². The quantitative estimate of drug-likeness (QED) is 0.172. The maximum Gasteiger partial charge on any atom is 0.364 e. The van der Waals surface area contributed by atoms with E-state index < -0.39 is 61.1 Å². The lowest BCUT2D eigenvalue weighted by molar-refractivity contribution is -0.295. The van der Waals surface area contributed by atoms with Gasteiger partial charge in [0.2, 0.25) is 5.91 Å². The van der Waals surface area contributed by atoms with Crippen molar-refractivity contribution in [3.8, 4) is 0 Å². The zero-order chi connectivity index (χ0) is 19.2. The first kappa shape index (κ1) is 21.5. The van der Waals surface area contributed by atoms with Gasteiger partial charge in [0.25, 0.3) is 5.79 Å². The Labute approximate surface area is 144 Å². The maximum atomic E-state index is 12.0. The minimum absolute atomic E-state index is 0.0871. The third-order valence-electron chi connectivity index (χ3n) is 3.98. The molecule has 1 aliphatic heterocycles. The Kier molecular flexibility index (Phi) is 7.93. The van der Waals surface area contributed by atoms with E-state index in [0.29, 0.717) is 12.8 Å². The molecule has 1 heterocycles. The van der Waals surface area contributed by atoms with Crippen LogP contribution < -0.4 is 5.32 Å². The molecule has 25 heavy (non-hydrogen) atoms. The van der Waals surface area contributed by atoms with E-state index in [1.807, 2.05) is 0 Å². The van der Waals surface area contributed by atoms with E-state index in [0.717, 1.165) is 0 Å². The van der Waals surface area contributed by atoms with Crippen LogP contribution in [0.15, 0.2) is 12.7 Å². The average Bonchev–Trinajstić information content (AvgIpc) is 2.55. The van der Waals surface area contributed by atoms with Crippen molar-refractivity contribution in [2.45, 2.75) is 61.9 Å². The van der Waals surface area contributed by atoms with E-state index in [1.165, 1.54) is 0 Å². The Balaban J connectivity index is 2.96. The van der Waals surface area contributed by atoms with E-state index in [1.54, 1.807) is 6.08 Å². The Bertz CT molecular complexity index is 486. The third kappa shape index (κ3) is 5.46. The number of ether oxygens (including phenoxy) is 1. The lowest BCUT2D eigenvalue weighted by Gasteiger charge is -2.44. The highest BCUT2D eigenvalue weighted by molar-refractivity contribution is 5.77. The van der Waals surface area contributed by atoms with Gasteiger partial charge in [0.1, 0.15) is 18.3 Å². The number of hydrogen-bond donors (Lipinski definition) is 7. The molecule has 0 aromatic rings. The summed E-state index contributed by atoms with van der Waals surface area (Å²) in [7, 11) is 0. The van der Waals surface area contributed by atoms with Crippen LogP contribution in [0.25, 0.3) is 0 Å². The standard InChI is InChI=1S/C15H25NO9/c1-2-3-4-5-10(20)16-11-8(18)6-15(24,14(22)23)25-13(11)12(21)9(19)7-17/h2,8-9,11-13,17-19,21,24H,1,3-7H2,(H,16,20)(H,22,23)/t8-,9+,11+,12+,13+,15+/m0/s1. The van der Waals surface area contributed by atoms with Crippen molar-refractivity contribution in [2.24, 2.45) is 0 Å². The molecule has 0 radical (unpaired) electrons. The van der Waals surface area contributed by atoms with Gasteiger partial charge in [-0.3, -0.25) is 4.79 Å². The van der Waals surface area contributed by atoms with Crippen molar-refractivity contribution < 1.29 is 45.0 Å². The number of aliphatic hydroxyl groups excluding tert-OH is 4. The van der Waals surface area contributed by atoms with E-state index in [2.05, 4.69) is 11.9 Å².